The molecule has 78 valence electrons. The summed E-state index contributed by atoms with van der Waals surface area (Å²) in [4.78, 5) is 15.4. The van der Waals surface area contributed by atoms with E-state index in [4.69, 9.17) is 5.73 Å². The minimum absolute atomic E-state index is 0.374. The summed E-state index contributed by atoms with van der Waals surface area (Å²) in [5.74, 6) is 0.0492. The first-order valence-corrected chi connectivity index (χ1v) is 4.43. The first-order chi connectivity index (χ1) is 7.13. The number of anilines is 1. The number of esters is 1. The molecule has 0 aliphatic carbocycles. The zero-order valence-corrected chi connectivity index (χ0v) is 8.52. The van der Waals surface area contributed by atoms with Crippen molar-refractivity contribution in [3.8, 4) is 0 Å². The molecule has 2 rings (SSSR count). The second kappa shape index (κ2) is 3.27. The summed E-state index contributed by atoms with van der Waals surface area (Å²) in [7, 11) is 3.17. The maximum absolute atomic E-state index is 11.3. The molecule has 5 nitrogen and oxygen atoms in total. The number of hydrogen-bond acceptors (Lipinski definition) is 4. The van der Waals surface area contributed by atoms with Gasteiger partial charge in [-0.2, -0.15) is 0 Å². The Morgan fingerprint density at radius 2 is 2.27 bits per heavy atom. The topological polar surface area (TPSA) is 70.1 Å². The van der Waals surface area contributed by atoms with Gasteiger partial charge in [0.2, 0.25) is 5.95 Å². The maximum atomic E-state index is 11.3. The van der Waals surface area contributed by atoms with Crippen LogP contribution in [0.2, 0.25) is 0 Å². The highest BCUT2D eigenvalue weighted by molar-refractivity contribution is 5.94. The van der Waals surface area contributed by atoms with Crippen LogP contribution in [-0.4, -0.2) is 22.6 Å². The van der Waals surface area contributed by atoms with Crippen molar-refractivity contribution in [2.75, 3.05) is 12.8 Å². The number of aryl methyl sites for hydroxylation is 1. The van der Waals surface area contributed by atoms with Crippen molar-refractivity contribution in [2.45, 2.75) is 0 Å². The average Bonchev–Trinajstić information content (AvgIpc) is 2.53. The Balaban J connectivity index is 2.62. The van der Waals surface area contributed by atoms with Crippen LogP contribution >= 0.6 is 0 Å². The third-order valence-corrected chi connectivity index (χ3v) is 2.34. The summed E-state index contributed by atoms with van der Waals surface area (Å²) >= 11 is 0. The fraction of sp³-hybridized carbons (Fsp3) is 0.200. The van der Waals surface area contributed by atoms with Gasteiger partial charge in [0.15, 0.2) is 0 Å². The number of fused-ring (bicyclic) bond motifs is 1. The van der Waals surface area contributed by atoms with Gasteiger partial charge >= 0.3 is 5.97 Å². The molecule has 0 bridgehead atoms. The van der Waals surface area contributed by atoms with Crippen molar-refractivity contribution in [2.24, 2.45) is 7.05 Å². The number of aromatic nitrogens is 2. The SMILES string of the molecule is COC(=O)c1ccc2c(c1)nc(N)n2C. The van der Waals surface area contributed by atoms with Crippen LogP contribution in [0.5, 0.6) is 0 Å². The molecular formula is C10H11N3O2. The number of rotatable bonds is 1. The molecule has 15 heavy (non-hydrogen) atoms. The van der Waals surface area contributed by atoms with Crippen LogP contribution in [0.25, 0.3) is 11.0 Å². The molecule has 2 aromatic rings. The molecule has 0 saturated carbocycles. The van der Waals surface area contributed by atoms with Crippen LogP contribution in [0.4, 0.5) is 5.95 Å². The highest BCUT2D eigenvalue weighted by Crippen LogP contribution is 2.18. The van der Waals surface area contributed by atoms with Crippen LogP contribution < -0.4 is 5.73 Å². The number of nitrogens with two attached hydrogens (primary N) is 1. The molecule has 2 N–H and O–H groups in total. The molecule has 0 aliphatic heterocycles. The molecule has 0 unspecified atom stereocenters. The number of carbonyl (C=O) groups is 1. The summed E-state index contributed by atoms with van der Waals surface area (Å²) < 4.78 is 6.38. The number of nitrogens with zero attached hydrogens (tertiary/aromatic N) is 2. The van der Waals surface area contributed by atoms with Crippen LogP contribution in [0.3, 0.4) is 0 Å². The number of carbonyl (C=O) groups excluding carboxylic acids is 1. The van der Waals surface area contributed by atoms with Gasteiger partial charge in [0, 0.05) is 7.05 Å². The molecule has 1 aromatic heterocycles. The van der Waals surface area contributed by atoms with Crippen molar-refractivity contribution in [3.05, 3.63) is 23.8 Å². The van der Waals surface area contributed by atoms with Crippen molar-refractivity contribution in [1.82, 2.24) is 9.55 Å². The Morgan fingerprint density at radius 3 is 2.93 bits per heavy atom. The van der Waals surface area contributed by atoms with Crippen molar-refractivity contribution in [1.29, 1.82) is 0 Å². The molecule has 1 heterocycles. The predicted octanol–water partition coefficient (Wildman–Crippen LogP) is 0.942. The van der Waals surface area contributed by atoms with Crippen molar-refractivity contribution in [3.63, 3.8) is 0 Å². The Labute approximate surface area is 86.5 Å². The second-order valence-corrected chi connectivity index (χ2v) is 3.22. The minimum atomic E-state index is -0.374. The fourth-order valence-corrected chi connectivity index (χ4v) is 1.46. The fourth-order valence-electron chi connectivity index (χ4n) is 1.46. The van der Waals surface area contributed by atoms with Gasteiger partial charge in [0.25, 0.3) is 0 Å². The summed E-state index contributed by atoms with van der Waals surface area (Å²) in [6.07, 6.45) is 0. The average molecular weight is 205 g/mol. The van der Waals surface area contributed by atoms with E-state index in [1.165, 1.54) is 7.11 Å². The monoisotopic (exact) mass is 205 g/mol. The Bertz CT molecular complexity index is 531. The maximum Gasteiger partial charge on any atom is 0.337 e. The molecule has 1 aromatic carbocycles. The highest BCUT2D eigenvalue weighted by Gasteiger charge is 2.09. The van der Waals surface area contributed by atoms with E-state index in [1.54, 1.807) is 22.8 Å². The van der Waals surface area contributed by atoms with Gasteiger partial charge in [-0.3, -0.25) is 0 Å². The lowest BCUT2D eigenvalue weighted by Gasteiger charge is -1.99. The zero-order chi connectivity index (χ0) is 11.0. The van der Waals surface area contributed by atoms with E-state index >= 15 is 0 Å². The number of benzene rings is 1. The van der Waals surface area contributed by atoms with E-state index in [-0.39, 0.29) is 5.97 Å². The van der Waals surface area contributed by atoms with E-state index in [0.717, 1.165) is 5.52 Å². The van der Waals surface area contributed by atoms with E-state index in [2.05, 4.69) is 9.72 Å². The molecule has 0 fully saturated rings. The van der Waals surface area contributed by atoms with Gasteiger partial charge in [-0.15, -0.1) is 0 Å². The second-order valence-electron chi connectivity index (χ2n) is 3.22. The summed E-state index contributed by atoms with van der Waals surface area (Å²) in [5, 5.41) is 0. The van der Waals surface area contributed by atoms with Crippen LogP contribution in [-0.2, 0) is 11.8 Å². The van der Waals surface area contributed by atoms with Crippen LogP contribution in [0.1, 0.15) is 10.4 Å². The van der Waals surface area contributed by atoms with Gasteiger partial charge in [-0.25, -0.2) is 9.78 Å². The van der Waals surface area contributed by atoms with Gasteiger partial charge < -0.3 is 15.0 Å². The van der Waals surface area contributed by atoms with Crippen LogP contribution in [0, 0.1) is 0 Å². The lowest BCUT2D eigenvalue weighted by Crippen LogP contribution is -2.00. The summed E-state index contributed by atoms with van der Waals surface area (Å²) in [6, 6.07) is 5.15. The number of ether oxygens (including phenoxy) is 1. The molecule has 0 saturated heterocycles. The minimum Gasteiger partial charge on any atom is -0.465 e. The highest BCUT2D eigenvalue weighted by atomic mass is 16.5. The number of methoxy groups -OCH3 is 1. The third kappa shape index (κ3) is 1.41. The van der Waals surface area contributed by atoms with E-state index in [1.807, 2.05) is 7.05 Å². The predicted molar refractivity (Wildman–Crippen MR) is 56.5 cm³/mol. The standard InChI is InChI=1S/C10H11N3O2/c1-13-8-4-3-6(9(14)15-2)5-7(8)12-10(13)11/h3-5H,1-2H3,(H2,11,12). The van der Waals surface area contributed by atoms with Crippen molar-refractivity contribution >= 4 is 23.0 Å². The van der Waals surface area contributed by atoms with Crippen LogP contribution in [0.15, 0.2) is 18.2 Å². The lowest BCUT2D eigenvalue weighted by atomic mass is 10.2. The summed E-state index contributed by atoms with van der Waals surface area (Å²) in [6.45, 7) is 0. The zero-order valence-electron chi connectivity index (χ0n) is 8.52. The van der Waals surface area contributed by atoms with E-state index < -0.39 is 0 Å². The molecule has 0 atom stereocenters. The molecule has 0 amide bonds. The molecule has 5 heteroatoms. The van der Waals surface area contributed by atoms with Gasteiger partial charge in [0.1, 0.15) is 0 Å². The lowest BCUT2D eigenvalue weighted by molar-refractivity contribution is 0.0601. The van der Waals surface area contributed by atoms with Gasteiger partial charge in [-0.05, 0) is 18.2 Å². The van der Waals surface area contributed by atoms with Crippen molar-refractivity contribution < 1.29 is 9.53 Å². The summed E-state index contributed by atoms with van der Waals surface area (Å²) in [5.41, 5.74) is 7.70. The number of nitrogen functional groups attached to an aromatic ring is 1. The van der Waals surface area contributed by atoms with E-state index in [0.29, 0.717) is 17.0 Å². The van der Waals surface area contributed by atoms with Gasteiger partial charge in [-0.1, -0.05) is 0 Å². The molecule has 0 spiro atoms. The molecule has 0 aliphatic rings. The number of hydrogen-bond donors (Lipinski definition) is 1. The smallest absolute Gasteiger partial charge is 0.337 e. The Kier molecular flexibility index (Phi) is 2.07. The largest absolute Gasteiger partial charge is 0.465 e. The third-order valence-electron chi connectivity index (χ3n) is 2.34. The quantitative estimate of drug-likeness (QED) is 0.703. The first-order valence-electron chi connectivity index (χ1n) is 4.43. The first kappa shape index (κ1) is 9.51. The normalized spacial score (nSPS) is 10.5. The Morgan fingerprint density at radius 1 is 1.53 bits per heavy atom. The Hall–Kier alpha value is -2.04. The number of imidazole rings is 1. The van der Waals surface area contributed by atoms with E-state index in [9.17, 15) is 4.79 Å². The van der Waals surface area contributed by atoms with Gasteiger partial charge in [0.05, 0.1) is 23.7 Å². The molecular weight excluding hydrogens is 194 g/mol. The molecule has 0 radical (unpaired) electrons.